The molecule has 0 radical (unpaired) electrons. The van der Waals surface area contributed by atoms with Crippen molar-refractivity contribution < 1.29 is 0 Å². The van der Waals surface area contributed by atoms with Crippen molar-refractivity contribution in [2.75, 3.05) is 0 Å². The number of rotatable bonds is 1. The number of aromatic nitrogens is 4. The van der Waals surface area contributed by atoms with Crippen LogP contribution in [0.25, 0.3) is 33.2 Å². The van der Waals surface area contributed by atoms with Gasteiger partial charge in [-0.05, 0) is 65.8 Å². The van der Waals surface area contributed by atoms with Crippen molar-refractivity contribution in [2.45, 2.75) is 52.6 Å². The van der Waals surface area contributed by atoms with Gasteiger partial charge in [-0.1, -0.05) is 0 Å². The predicted molar refractivity (Wildman–Crippen MR) is 108 cm³/mol. The monoisotopic (exact) mass is 346 g/mol. The Morgan fingerprint density at radius 1 is 0.654 bits per heavy atom. The molecule has 4 nitrogen and oxygen atoms in total. The molecule has 0 fully saturated rings. The zero-order chi connectivity index (χ0) is 18.7. The SMILES string of the molecule is CC(C)(C)n1ccc2cc(-c3cnc4c(ccn4C(C)(C)C)c3)cnc21. The first kappa shape index (κ1) is 16.8. The molecule has 0 N–H and O–H groups in total. The first-order valence-corrected chi connectivity index (χ1v) is 9.10. The second-order valence-electron chi connectivity index (χ2n) is 8.99. The summed E-state index contributed by atoms with van der Waals surface area (Å²) >= 11 is 0. The summed E-state index contributed by atoms with van der Waals surface area (Å²) in [6.07, 6.45) is 8.14. The highest BCUT2D eigenvalue weighted by molar-refractivity contribution is 5.86. The molecule has 0 bridgehead atoms. The van der Waals surface area contributed by atoms with Gasteiger partial charge in [-0.15, -0.1) is 0 Å². The zero-order valence-corrected chi connectivity index (χ0v) is 16.4. The van der Waals surface area contributed by atoms with Crippen molar-refractivity contribution in [1.82, 2.24) is 19.1 Å². The Morgan fingerprint density at radius 2 is 1.04 bits per heavy atom. The number of pyridine rings is 2. The molecule has 0 unspecified atom stereocenters. The van der Waals surface area contributed by atoms with Crippen molar-refractivity contribution in [2.24, 2.45) is 0 Å². The van der Waals surface area contributed by atoms with Gasteiger partial charge in [0.05, 0.1) is 0 Å². The predicted octanol–water partition coefficient (Wildman–Crippen LogP) is 5.56. The second-order valence-corrected chi connectivity index (χ2v) is 8.99. The Kier molecular flexibility index (Phi) is 3.52. The van der Waals surface area contributed by atoms with E-state index in [0.29, 0.717) is 0 Å². The highest BCUT2D eigenvalue weighted by Gasteiger charge is 2.18. The summed E-state index contributed by atoms with van der Waals surface area (Å²) in [6, 6.07) is 8.68. The number of nitrogens with zero attached hydrogens (tertiary/aromatic N) is 4. The lowest BCUT2D eigenvalue weighted by Gasteiger charge is -2.22. The lowest BCUT2D eigenvalue weighted by Crippen LogP contribution is -2.20. The molecule has 0 aliphatic rings. The van der Waals surface area contributed by atoms with Crippen LogP contribution in [-0.4, -0.2) is 19.1 Å². The lowest BCUT2D eigenvalue weighted by molar-refractivity contribution is 0.408. The van der Waals surface area contributed by atoms with E-state index in [4.69, 9.17) is 9.97 Å². The molecular weight excluding hydrogens is 320 g/mol. The van der Waals surface area contributed by atoms with E-state index in [0.717, 1.165) is 33.2 Å². The maximum atomic E-state index is 4.74. The molecule has 26 heavy (non-hydrogen) atoms. The van der Waals surface area contributed by atoms with Crippen LogP contribution in [-0.2, 0) is 11.1 Å². The molecule has 0 aromatic carbocycles. The average molecular weight is 346 g/mol. The third kappa shape index (κ3) is 2.70. The van der Waals surface area contributed by atoms with Gasteiger partial charge in [0.2, 0.25) is 0 Å². The molecule has 4 aromatic heterocycles. The maximum absolute atomic E-state index is 4.74. The summed E-state index contributed by atoms with van der Waals surface area (Å²) in [7, 11) is 0. The molecule has 0 aliphatic heterocycles. The molecule has 4 heteroatoms. The van der Waals surface area contributed by atoms with Crippen LogP contribution >= 0.6 is 0 Å². The van der Waals surface area contributed by atoms with Gasteiger partial charge in [-0.3, -0.25) is 0 Å². The molecule has 0 aliphatic carbocycles. The summed E-state index contributed by atoms with van der Waals surface area (Å²) in [5.74, 6) is 0. The molecule has 0 saturated carbocycles. The molecule has 4 heterocycles. The van der Waals surface area contributed by atoms with E-state index in [1.807, 2.05) is 12.4 Å². The Bertz CT molecular complexity index is 1010. The fraction of sp³-hybridized carbons (Fsp3) is 0.364. The van der Waals surface area contributed by atoms with Crippen LogP contribution in [0.3, 0.4) is 0 Å². The summed E-state index contributed by atoms with van der Waals surface area (Å²) in [5, 5.41) is 2.31. The van der Waals surface area contributed by atoms with Gasteiger partial charge in [-0.2, -0.15) is 0 Å². The minimum atomic E-state index is 0.0204. The van der Waals surface area contributed by atoms with Crippen molar-refractivity contribution in [3.05, 3.63) is 49.1 Å². The van der Waals surface area contributed by atoms with Gasteiger partial charge in [0, 0.05) is 57.8 Å². The van der Waals surface area contributed by atoms with E-state index in [2.05, 4.69) is 87.3 Å². The van der Waals surface area contributed by atoms with Crippen molar-refractivity contribution >= 4 is 22.1 Å². The second kappa shape index (κ2) is 5.44. The van der Waals surface area contributed by atoms with E-state index >= 15 is 0 Å². The van der Waals surface area contributed by atoms with Crippen LogP contribution in [0.2, 0.25) is 0 Å². The Labute approximate surface area is 154 Å². The van der Waals surface area contributed by atoms with E-state index in [9.17, 15) is 0 Å². The summed E-state index contributed by atoms with van der Waals surface area (Å²) < 4.78 is 4.44. The molecule has 0 atom stereocenters. The van der Waals surface area contributed by atoms with Gasteiger partial charge in [0.1, 0.15) is 11.3 Å². The molecular formula is C22H26N4. The van der Waals surface area contributed by atoms with Crippen LogP contribution in [0.4, 0.5) is 0 Å². The van der Waals surface area contributed by atoms with Crippen molar-refractivity contribution in [1.29, 1.82) is 0 Å². The fourth-order valence-corrected chi connectivity index (χ4v) is 3.45. The normalized spacial score (nSPS) is 13.0. The minimum absolute atomic E-state index is 0.0204. The highest BCUT2D eigenvalue weighted by Crippen LogP contribution is 2.29. The number of fused-ring (bicyclic) bond motifs is 2. The molecule has 0 spiro atoms. The highest BCUT2D eigenvalue weighted by atomic mass is 15.1. The summed E-state index contributed by atoms with van der Waals surface area (Å²) in [6.45, 7) is 13.2. The van der Waals surface area contributed by atoms with Crippen LogP contribution < -0.4 is 0 Å². The Balaban J connectivity index is 1.80. The first-order valence-electron chi connectivity index (χ1n) is 9.10. The third-order valence-electron chi connectivity index (χ3n) is 4.83. The summed E-state index contributed by atoms with van der Waals surface area (Å²) in [4.78, 5) is 9.48. The van der Waals surface area contributed by atoms with Crippen molar-refractivity contribution in [3.63, 3.8) is 0 Å². The first-order chi connectivity index (χ1) is 12.1. The van der Waals surface area contributed by atoms with Gasteiger partial charge >= 0.3 is 0 Å². The van der Waals surface area contributed by atoms with Gasteiger partial charge in [0.15, 0.2) is 0 Å². The van der Waals surface area contributed by atoms with E-state index < -0.39 is 0 Å². The molecule has 0 amide bonds. The smallest absolute Gasteiger partial charge is 0.140 e. The molecule has 4 aromatic rings. The van der Waals surface area contributed by atoms with Crippen LogP contribution in [0.15, 0.2) is 49.1 Å². The molecule has 4 rings (SSSR count). The molecule has 134 valence electrons. The number of hydrogen-bond donors (Lipinski definition) is 0. The van der Waals surface area contributed by atoms with Gasteiger partial charge in [0.25, 0.3) is 0 Å². The minimum Gasteiger partial charge on any atom is -0.327 e. The summed E-state index contributed by atoms with van der Waals surface area (Å²) in [5.41, 5.74) is 4.28. The third-order valence-corrected chi connectivity index (χ3v) is 4.83. The van der Waals surface area contributed by atoms with Gasteiger partial charge < -0.3 is 9.13 Å². The lowest BCUT2D eigenvalue weighted by atomic mass is 10.1. The van der Waals surface area contributed by atoms with Gasteiger partial charge in [-0.25, -0.2) is 9.97 Å². The van der Waals surface area contributed by atoms with Crippen LogP contribution in [0.5, 0.6) is 0 Å². The zero-order valence-electron chi connectivity index (χ0n) is 16.4. The number of hydrogen-bond acceptors (Lipinski definition) is 2. The van der Waals surface area contributed by atoms with Crippen LogP contribution in [0, 0.1) is 0 Å². The van der Waals surface area contributed by atoms with E-state index in [1.54, 1.807) is 0 Å². The fourth-order valence-electron chi connectivity index (χ4n) is 3.45. The average Bonchev–Trinajstić information content (AvgIpc) is 3.16. The van der Waals surface area contributed by atoms with E-state index in [-0.39, 0.29) is 11.1 Å². The topological polar surface area (TPSA) is 35.6 Å². The maximum Gasteiger partial charge on any atom is 0.140 e. The standard InChI is InChI=1S/C22H26N4/c1-21(2,3)25-9-7-15-11-17(13-23-19(15)25)18-12-16-8-10-26(22(4,5)6)20(16)24-14-18/h7-14H,1-6H3. The van der Waals surface area contributed by atoms with E-state index in [1.165, 1.54) is 0 Å². The Morgan fingerprint density at radius 3 is 1.38 bits per heavy atom. The largest absolute Gasteiger partial charge is 0.327 e. The van der Waals surface area contributed by atoms with Crippen LogP contribution in [0.1, 0.15) is 41.5 Å². The molecule has 0 saturated heterocycles. The Hall–Kier alpha value is -2.62. The quantitative estimate of drug-likeness (QED) is 0.452. The van der Waals surface area contributed by atoms with Crippen molar-refractivity contribution in [3.8, 4) is 11.1 Å².